The molecule has 0 spiro atoms. The van der Waals surface area contributed by atoms with Crippen molar-refractivity contribution in [3.05, 3.63) is 54.1 Å². The molecule has 0 radical (unpaired) electrons. The van der Waals surface area contributed by atoms with E-state index in [-0.39, 0.29) is 11.8 Å². The van der Waals surface area contributed by atoms with Crippen molar-refractivity contribution in [2.24, 2.45) is 0 Å². The van der Waals surface area contributed by atoms with Crippen LogP contribution in [0.5, 0.6) is 0 Å². The standard InChI is InChI=1S/C20H22N4O3/c1-14-10-18(27-23-14)17-11-21-13-22-20(17)15-4-2-8-24(12-15)19(25)7-6-16-5-3-9-26-16/h3,5,9-11,13,15H,2,4,6-8,12H2,1H3. The van der Waals surface area contributed by atoms with Gasteiger partial charge in [-0.3, -0.25) is 4.79 Å². The first-order valence-electron chi connectivity index (χ1n) is 9.24. The Morgan fingerprint density at radius 2 is 2.33 bits per heavy atom. The van der Waals surface area contributed by atoms with Crippen LogP contribution >= 0.6 is 0 Å². The van der Waals surface area contributed by atoms with Gasteiger partial charge in [-0.25, -0.2) is 9.97 Å². The van der Waals surface area contributed by atoms with Crippen molar-refractivity contribution in [3.8, 4) is 11.3 Å². The lowest BCUT2D eigenvalue weighted by Gasteiger charge is -2.33. The number of hydrogen-bond acceptors (Lipinski definition) is 6. The zero-order valence-corrected chi connectivity index (χ0v) is 15.3. The van der Waals surface area contributed by atoms with Crippen LogP contribution < -0.4 is 0 Å². The predicted molar refractivity (Wildman–Crippen MR) is 97.9 cm³/mol. The normalized spacial score (nSPS) is 17.2. The second-order valence-corrected chi connectivity index (χ2v) is 6.91. The number of likely N-dealkylation sites (tertiary alicyclic amines) is 1. The fourth-order valence-corrected chi connectivity index (χ4v) is 3.61. The molecule has 0 N–H and O–H groups in total. The van der Waals surface area contributed by atoms with Gasteiger partial charge in [0.2, 0.25) is 5.91 Å². The summed E-state index contributed by atoms with van der Waals surface area (Å²) < 4.78 is 10.7. The fraction of sp³-hybridized carbons (Fsp3) is 0.400. The Bertz CT molecular complexity index is 904. The third-order valence-electron chi connectivity index (χ3n) is 4.96. The number of carbonyl (C=O) groups is 1. The highest BCUT2D eigenvalue weighted by molar-refractivity contribution is 5.76. The van der Waals surface area contributed by atoms with Crippen LogP contribution in [-0.2, 0) is 11.2 Å². The Morgan fingerprint density at radius 3 is 3.11 bits per heavy atom. The molecule has 3 aromatic rings. The lowest BCUT2D eigenvalue weighted by atomic mass is 9.91. The number of rotatable bonds is 5. The predicted octanol–water partition coefficient (Wildman–Crippen LogP) is 3.37. The summed E-state index contributed by atoms with van der Waals surface area (Å²) in [5, 5.41) is 3.97. The van der Waals surface area contributed by atoms with Gasteiger partial charge in [-0.15, -0.1) is 0 Å². The Morgan fingerprint density at radius 1 is 1.41 bits per heavy atom. The molecule has 1 saturated heterocycles. The van der Waals surface area contributed by atoms with Crippen LogP contribution in [0.3, 0.4) is 0 Å². The molecule has 27 heavy (non-hydrogen) atoms. The van der Waals surface area contributed by atoms with Gasteiger partial charge in [0.1, 0.15) is 12.1 Å². The van der Waals surface area contributed by atoms with E-state index in [0.717, 1.165) is 42.1 Å². The van der Waals surface area contributed by atoms with E-state index >= 15 is 0 Å². The molecule has 4 heterocycles. The molecule has 3 aromatic heterocycles. The number of amides is 1. The average molecular weight is 366 g/mol. The Labute approximate surface area is 157 Å². The summed E-state index contributed by atoms with van der Waals surface area (Å²) in [4.78, 5) is 23.3. The van der Waals surface area contributed by atoms with Crippen molar-refractivity contribution in [1.82, 2.24) is 20.0 Å². The minimum absolute atomic E-state index is 0.155. The molecule has 1 aliphatic rings. The first-order chi connectivity index (χ1) is 13.2. The van der Waals surface area contributed by atoms with Gasteiger partial charge in [-0.05, 0) is 31.9 Å². The Hall–Kier alpha value is -2.96. The van der Waals surface area contributed by atoms with Crippen molar-refractivity contribution in [2.45, 2.75) is 38.5 Å². The van der Waals surface area contributed by atoms with E-state index in [1.54, 1.807) is 18.8 Å². The van der Waals surface area contributed by atoms with E-state index in [1.165, 1.54) is 0 Å². The van der Waals surface area contributed by atoms with E-state index in [4.69, 9.17) is 8.94 Å². The summed E-state index contributed by atoms with van der Waals surface area (Å²) >= 11 is 0. The largest absolute Gasteiger partial charge is 0.469 e. The lowest BCUT2D eigenvalue weighted by molar-refractivity contribution is -0.132. The maximum absolute atomic E-state index is 12.7. The van der Waals surface area contributed by atoms with Crippen molar-refractivity contribution in [3.63, 3.8) is 0 Å². The molecule has 0 aliphatic carbocycles. The highest BCUT2D eigenvalue weighted by Crippen LogP contribution is 2.33. The zero-order chi connectivity index (χ0) is 18.6. The summed E-state index contributed by atoms with van der Waals surface area (Å²) in [6, 6.07) is 5.63. The molecule has 1 aliphatic heterocycles. The molecule has 7 nitrogen and oxygen atoms in total. The van der Waals surface area contributed by atoms with Gasteiger partial charge in [0.15, 0.2) is 5.76 Å². The molecule has 1 atom stereocenters. The fourth-order valence-electron chi connectivity index (χ4n) is 3.61. The smallest absolute Gasteiger partial charge is 0.223 e. The molecule has 1 unspecified atom stereocenters. The number of piperidine rings is 1. The first-order valence-corrected chi connectivity index (χ1v) is 9.24. The van der Waals surface area contributed by atoms with E-state index in [2.05, 4.69) is 15.1 Å². The van der Waals surface area contributed by atoms with Gasteiger partial charge < -0.3 is 13.8 Å². The monoisotopic (exact) mass is 366 g/mol. The van der Waals surface area contributed by atoms with Crippen molar-refractivity contribution in [2.75, 3.05) is 13.1 Å². The average Bonchev–Trinajstić information content (AvgIpc) is 3.38. The molecular weight excluding hydrogens is 344 g/mol. The first kappa shape index (κ1) is 17.5. The number of hydrogen-bond donors (Lipinski definition) is 0. The van der Waals surface area contributed by atoms with Crippen molar-refractivity contribution < 1.29 is 13.7 Å². The van der Waals surface area contributed by atoms with Gasteiger partial charge >= 0.3 is 0 Å². The van der Waals surface area contributed by atoms with Gasteiger partial charge in [0, 0.05) is 44.1 Å². The topological polar surface area (TPSA) is 85.3 Å². The van der Waals surface area contributed by atoms with Crippen molar-refractivity contribution in [1.29, 1.82) is 0 Å². The summed E-state index contributed by atoms with van der Waals surface area (Å²) in [6.45, 7) is 3.33. The molecule has 4 rings (SSSR count). The van der Waals surface area contributed by atoms with E-state index in [0.29, 0.717) is 25.1 Å². The van der Waals surface area contributed by atoms with Crippen LogP contribution in [0.2, 0.25) is 0 Å². The van der Waals surface area contributed by atoms with Crippen molar-refractivity contribution >= 4 is 5.91 Å². The van der Waals surface area contributed by atoms with Crippen LogP contribution in [0.25, 0.3) is 11.3 Å². The second-order valence-electron chi connectivity index (χ2n) is 6.91. The lowest BCUT2D eigenvalue weighted by Crippen LogP contribution is -2.39. The Kier molecular flexibility index (Phi) is 5.00. The van der Waals surface area contributed by atoms with Gasteiger partial charge in [0.05, 0.1) is 23.2 Å². The van der Waals surface area contributed by atoms with Crippen LogP contribution in [0.4, 0.5) is 0 Å². The third-order valence-corrected chi connectivity index (χ3v) is 4.96. The highest BCUT2D eigenvalue weighted by Gasteiger charge is 2.28. The van der Waals surface area contributed by atoms with E-state index in [1.807, 2.05) is 30.0 Å². The molecule has 0 aromatic carbocycles. The molecule has 0 bridgehead atoms. The van der Waals surface area contributed by atoms with Gasteiger partial charge in [0.25, 0.3) is 0 Å². The number of carbonyl (C=O) groups excluding carboxylic acids is 1. The maximum Gasteiger partial charge on any atom is 0.223 e. The van der Waals surface area contributed by atoms with Gasteiger partial charge in [-0.2, -0.15) is 0 Å². The van der Waals surface area contributed by atoms with Gasteiger partial charge in [-0.1, -0.05) is 5.16 Å². The Balaban J connectivity index is 1.48. The number of nitrogens with zero attached hydrogens (tertiary/aromatic N) is 4. The molecule has 0 saturated carbocycles. The molecule has 140 valence electrons. The summed E-state index contributed by atoms with van der Waals surface area (Å²) in [7, 11) is 0. The highest BCUT2D eigenvalue weighted by atomic mass is 16.5. The summed E-state index contributed by atoms with van der Waals surface area (Å²) in [5.74, 6) is 1.83. The molecule has 1 amide bonds. The van der Waals surface area contributed by atoms with Crippen LogP contribution in [0.15, 0.2) is 45.9 Å². The summed E-state index contributed by atoms with van der Waals surface area (Å²) in [5.41, 5.74) is 2.59. The zero-order valence-electron chi connectivity index (χ0n) is 15.3. The third kappa shape index (κ3) is 3.92. The molecule has 7 heteroatoms. The quantitative estimate of drug-likeness (QED) is 0.688. The minimum Gasteiger partial charge on any atom is -0.469 e. The van der Waals surface area contributed by atoms with E-state index in [9.17, 15) is 4.79 Å². The minimum atomic E-state index is 0.155. The maximum atomic E-state index is 12.7. The summed E-state index contributed by atoms with van der Waals surface area (Å²) in [6.07, 6.45) is 7.98. The number of aromatic nitrogens is 3. The van der Waals surface area contributed by atoms with Crippen LogP contribution in [-0.4, -0.2) is 39.0 Å². The second kappa shape index (κ2) is 7.73. The van der Waals surface area contributed by atoms with Crippen LogP contribution in [0.1, 0.15) is 42.3 Å². The number of furan rings is 1. The molecule has 1 fully saturated rings. The van der Waals surface area contributed by atoms with E-state index < -0.39 is 0 Å². The van der Waals surface area contributed by atoms with Crippen LogP contribution in [0, 0.1) is 6.92 Å². The SMILES string of the molecule is Cc1cc(-c2cncnc2C2CCCN(C(=O)CCc3ccco3)C2)on1. The number of aryl methyl sites for hydroxylation is 2. The molecular formula is C20H22N4O3.